The van der Waals surface area contributed by atoms with Gasteiger partial charge in [0.25, 0.3) is 0 Å². The molecule has 18 heavy (non-hydrogen) atoms. The average Bonchev–Trinajstić information content (AvgIpc) is 2.40. The van der Waals surface area contributed by atoms with Gasteiger partial charge in [-0.1, -0.05) is 18.2 Å². The van der Waals surface area contributed by atoms with E-state index in [0.29, 0.717) is 13.1 Å². The van der Waals surface area contributed by atoms with Crippen LogP contribution in [-0.2, 0) is 6.54 Å². The Balaban J connectivity index is 2.07. The number of anilines is 1. The highest BCUT2D eigenvalue weighted by Crippen LogP contribution is 2.21. The van der Waals surface area contributed by atoms with Crippen molar-refractivity contribution in [2.24, 2.45) is 0 Å². The van der Waals surface area contributed by atoms with Crippen molar-refractivity contribution in [2.45, 2.75) is 6.54 Å². The van der Waals surface area contributed by atoms with Gasteiger partial charge in [0.05, 0.1) is 0 Å². The topological polar surface area (TPSA) is 55.8 Å². The number of carboxylic acid groups (broad SMARTS) is 1. The van der Waals surface area contributed by atoms with Crippen LogP contribution < -0.4 is 10.2 Å². The summed E-state index contributed by atoms with van der Waals surface area (Å²) < 4.78 is 0. The third-order valence-electron chi connectivity index (χ3n) is 3.25. The third kappa shape index (κ3) is 2.73. The lowest BCUT2D eigenvalue weighted by Crippen LogP contribution is -2.48. The van der Waals surface area contributed by atoms with Crippen molar-refractivity contribution in [3.63, 3.8) is 0 Å². The number of hydrogen-bond donors (Lipinski definition) is 2. The first-order chi connectivity index (χ1) is 8.72. The minimum absolute atomic E-state index is 0.573. The minimum Gasteiger partial charge on any atom is -0.465 e. The normalized spacial score (nSPS) is 15.8. The minimum atomic E-state index is -0.821. The quantitative estimate of drug-likeness (QED) is 0.845. The zero-order chi connectivity index (χ0) is 13.0. The summed E-state index contributed by atoms with van der Waals surface area (Å²) in [5.74, 6) is 0. The first-order valence-corrected chi connectivity index (χ1v) is 6.17. The first kappa shape index (κ1) is 12.7. The van der Waals surface area contributed by atoms with Gasteiger partial charge in [-0.2, -0.15) is 0 Å². The van der Waals surface area contributed by atoms with Crippen molar-refractivity contribution in [3.8, 4) is 0 Å². The summed E-state index contributed by atoms with van der Waals surface area (Å²) in [4.78, 5) is 14.6. The van der Waals surface area contributed by atoms with Crippen LogP contribution in [0.5, 0.6) is 0 Å². The van der Waals surface area contributed by atoms with E-state index >= 15 is 0 Å². The van der Waals surface area contributed by atoms with Crippen LogP contribution in [0.2, 0.25) is 0 Å². The van der Waals surface area contributed by atoms with E-state index in [4.69, 9.17) is 5.11 Å². The standard InChI is InChI=1S/C13H19N3O2/c1-14-10-11-4-2-3-5-12(11)15-6-8-16(9-7-15)13(17)18/h2-5,14H,6-10H2,1H3,(H,17,18). The highest BCUT2D eigenvalue weighted by molar-refractivity contribution is 5.65. The fourth-order valence-corrected chi connectivity index (χ4v) is 2.30. The maximum atomic E-state index is 10.9. The van der Waals surface area contributed by atoms with Gasteiger partial charge in [0.2, 0.25) is 0 Å². The maximum Gasteiger partial charge on any atom is 0.407 e. The van der Waals surface area contributed by atoms with Crippen LogP contribution >= 0.6 is 0 Å². The van der Waals surface area contributed by atoms with Gasteiger partial charge >= 0.3 is 6.09 Å². The summed E-state index contributed by atoms with van der Waals surface area (Å²) >= 11 is 0. The van der Waals surface area contributed by atoms with Gasteiger partial charge in [0.15, 0.2) is 0 Å². The molecule has 0 bridgehead atoms. The zero-order valence-electron chi connectivity index (χ0n) is 10.6. The van der Waals surface area contributed by atoms with Gasteiger partial charge in [-0.3, -0.25) is 0 Å². The van der Waals surface area contributed by atoms with Crippen LogP contribution in [0.25, 0.3) is 0 Å². The van der Waals surface area contributed by atoms with Crippen molar-refractivity contribution in [1.29, 1.82) is 0 Å². The van der Waals surface area contributed by atoms with E-state index in [0.717, 1.165) is 19.6 Å². The molecule has 2 N–H and O–H groups in total. The molecule has 5 heteroatoms. The molecule has 1 amide bonds. The summed E-state index contributed by atoms with van der Waals surface area (Å²) in [6.07, 6.45) is -0.821. The van der Waals surface area contributed by atoms with E-state index in [-0.39, 0.29) is 0 Å². The van der Waals surface area contributed by atoms with E-state index < -0.39 is 6.09 Å². The molecular weight excluding hydrogens is 230 g/mol. The SMILES string of the molecule is CNCc1ccccc1N1CCN(C(=O)O)CC1. The molecule has 1 aliphatic rings. The summed E-state index contributed by atoms with van der Waals surface area (Å²) in [5, 5.41) is 12.1. The Morgan fingerprint density at radius 1 is 1.28 bits per heavy atom. The highest BCUT2D eigenvalue weighted by Gasteiger charge is 2.21. The molecule has 98 valence electrons. The van der Waals surface area contributed by atoms with E-state index in [1.54, 1.807) is 0 Å². The lowest BCUT2D eigenvalue weighted by atomic mass is 10.1. The van der Waals surface area contributed by atoms with Crippen molar-refractivity contribution < 1.29 is 9.90 Å². The summed E-state index contributed by atoms with van der Waals surface area (Å²) in [7, 11) is 1.93. The van der Waals surface area contributed by atoms with Crippen LogP contribution in [0.4, 0.5) is 10.5 Å². The van der Waals surface area contributed by atoms with Gasteiger partial charge in [-0.25, -0.2) is 4.79 Å². The second-order valence-electron chi connectivity index (χ2n) is 4.42. The fraction of sp³-hybridized carbons (Fsp3) is 0.462. The molecule has 2 rings (SSSR count). The average molecular weight is 249 g/mol. The predicted molar refractivity (Wildman–Crippen MR) is 71.0 cm³/mol. The van der Waals surface area contributed by atoms with Gasteiger partial charge < -0.3 is 20.2 Å². The third-order valence-corrected chi connectivity index (χ3v) is 3.25. The molecular formula is C13H19N3O2. The number of rotatable bonds is 3. The van der Waals surface area contributed by atoms with Crippen LogP contribution in [0.15, 0.2) is 24.3 Å². The molecule has 0 saturated carbocycles. The lowest BCUT2D eigenvalue weighted by Gasteiger charge is -2.35. The number of carbonyl (C=O) groups is 1. The van der Waals surface area contributed by atoms with Crippen LogP contribution in [0.1, 0.15) is 5.56 Å². The Labute approximate surface area is 107 Å². The number of para-hydroxylation sites is 1. The Morgan fingerprint density at radius 2 is 1.94 bits per heavy atom. The molecule has 1 heterocycles. The Morgan fingerprint density at radius 3 is 2.56 bits per heavy atom. The van der Waals surface area contributed by atoms with Crippen molar-refractivity contribution in [1.82, 2.24) is 10.2 Å². The second kappa shape index (κ2) is 5.73. The largest absolute Gasteiger partial charge is 0.465 e. The first-order valence-electron chi connectivity index (χ1n) is 6.17. The summed E-state index contributed by atoms with van der Waals surface area (Å²) in [6, 6.07) is 8.26. The van der Waals surface area contributed by atoms with Gasteiger partial charge in [0.1, 0.15) is 0 Å². The molecule has 0 radical (unpaired) electrons. The lowest BCUT2D eigenvalue weighted by molar-refractivity contribution is 0.142. The van der Waals surface area contributed by atoms with Gasteiger partial charge in [-0.15, -0.1) is 0 Å². The number of nitrogens with one attached hydrogen (secondary N) is 1. The van der Waals surface area contributed by atoms with E-state index in [1.165, 1.54) is 16.2 Å². The molecule has 0 atom stereocenters. The monoisotopic (exact) mass is 249 g/mol. The molecule has 5 nitrogen and oxygen atoms in total. The van der Waals surface area contributed by atoms with Crippen molar-refractivity contribution in [3.05, 3.63) is 29.8 Å². The van der Waals surface area contributed by atoms with E-state index in [1.807, 2.05) is 19.2 Å². The Hall–Kier alpha value is -1.75. The van der Waals surface area contributed by atoms with Crippen LogP contribution in [0, 0.1) is 0 Å². The zero-order valence-corrected chi connectivity index (χ0v) is 10.6. The highest BCUT2D eigenvalue weighted by atomic mass is 16.4. The van der Waals surface area contributed by atoms with Crippen molar-refractivity contribution in [2.75, 3.05) is 38.1 Å². The molecule has 0 aromatic heterocycles. The number of benzene rings is 1. The van der Waals surface area contributed by atoms with Crippen LogP contribution in [-0.4, -0.2) is 49.3 Å². The van der Waals surface area contributed by atoms with Gasteiger partial charge in [0, 0.05) is 38.4 Å². The predicted octanol–water partition coefficient (Wildman–Crippen LogP) is 1.21. The molecule has 1 aliphatic heterocycles. The molecule has 1 saturated heterocycles. The Kier molecular flexibility index (Phi) is 4.04. The molecule has 0 spiro atoms. The van der Waals surface area contributed by atoms with E-state index in [2.05, 4.69) is 22.3 Å². The number of amides is 1. The molecule has 0 aliphatic carbocycles. The number of nitrogens with zero attached hydrogens (tertiary/aromatic N) is 2. The summed E-state index contributed by atoms with van der Waals surface area (Å²) in [5.41, 5.74) is 2.46. The fourth-order valence-electron chi connectivity index (χ4n) is 2.30. The second-order valence-corrected chi connectivity index (χ2v) is 4.42. The Bertz CT molecular complexity index is 414. The molecule has 1 fully saturated rings. The summed E-state index contributed by atoms with van der Waals surface area (Å²) in [6.45, 7) is 3.49. The molecule has 1 aromatic rings. The van der Waals surface area contributed by atoms with E-state index in [9.17, 15) is 4.79 Å². The van der Waals surface area contributed by atoms with Gasteiger partial charge in [-0.05, 0) is 18.7 Å². The number of hydrogen-bond acceptors (Lipinski definition) is 3. The maximum absolute atomic E-state index is 10.9. The smallest absolute Gasteiger partial charge is 0.407 e. The van der Waals surface area contributed by atoms with Crippen LogP contribution in [0.3, 0.4) is 0 Å². The van der Waals surface area contributed by atoms with Crippen molar-refractivity contribution >= 4 is 11.8 Å². The molecule has 0 unspecified atom stereocenters. The molecule has 1 aromatic carbocycles. The number of piperazine rings is 1.